The van der Waals surface area contributed by atoms with Gasteiger partial charge >= 0.3 is 0 Å². The zero-order valence-corrected chi connectivity index (χ0v) is 7.51. The molecule has 0 fully saturated rings. The molecule has 1 rings (SSSR count). The van der Waals surface area contributed by atoms with Gasteiger partial charge in [-0.3, -0.25) is 0 Å². The van der Waals surface area contributed by atoms with Crippen LogP contribution in [0.5, 0.6) is 0 Å². The van der Waals surface area contributed by atoms with E-state index in [4.69, 9.17) is 10.9 Å². The molecule has 0 amide bonds. The number of hydrogen-bond donors (Lipinski definition) is 2. The van der Waals surface area contributed by atoms with Gasteiger partial charge < -0.3 is 10.9 Å². The fourth-order valence-corrected chi connectivity index (χ4v) is 0.782. The van der Waals surface area contributed by atoms with Gasteiger partial charge in [0.25, 0.3) is 0 Å². The summed E-state index contributed by atoms with van der Waals surface area (Å²) >= 11 is 0. The van der Waals surface area contributed by atoms with Gasteiger partial charge in [-0.15, -0.1) is 12.4 Å². The highest BCUT2D eigenvalue weighted by Gasteiger charge is 1.95. The maximum Gasteiger partial charge on any atom is 0.170 e. The number of nitrogens with two attached hydrogens (primary N) is 1. The lowest BCUT2D eigenvalue weighted by Crippen LogP contribution is -2.12. The van der Waals surface area contributed by atoms with Gasteiger partial charge in [0, 0.05) is 5.56 Å². The Labute approximate surface area is 77.3 Å². The second kappa shape index (κ2) is 4.62. The zero-order chi connectivity index (χ0) is 8.27. The molecule has 0 aliphatic heterocycles. The normalized spacial score (nSPS) is 10.6. The minimum absolute atomic E-state index is 0. The fraction of sp³-hybridized carbons (Fsp3) is 0.125. The first kappa shape index (κ1) is 10.8. The summed E-state index contributed by atoms with van der Waals surface area (Å²) in [6, 6.07) is 7.44. The molecule has 0 aliphatic carbocycles. The lowest BCUT2D eigenvalue weighted by atomic mass is 10.1. The van der Waals surface area contributed by atoms with Gasteiger partial charge in [0.05, 0.1) is 0 Å². The predicted octanol–water partition coefficient (Wildman–Crippen LogP) is 1.51. The Morgan fingerprint density at radius 2 is 1.83 bits per heavy atom. The van der Waals surface area contributed by atoms with Crippen LogP contribution in [0.15, 0.2) is 29.4 Å². The molecule has 3 nitrogen and oxygen atoms in total. The Morgan fingerprint density at radius 1 is 1.33 bits per heavy atom. The van der Waals surface area contributed by atoms with Crippen LogP contribution in [0.3, 0.4) is 0 Å². The van der Waals surface area contributed by atoms with Crippen LogP contribution in [-0.4, -0.2) is 11.0 Å². The Hall–Kier alpha value is -1.22. The summed E-state index contributed by atoms with van der Waals surface area (Å²) in [5.74, 6) is 0.144. The number of halogens is 1. The summed E-state index contributed by atoms with van der Waals surface area (Å²) in [4.78, 5) is 0. The molecule has 0 saturated carbocycles. The summed E-state index contributed by atoms with van der Waals surface area (Å²) in [6.45, 7) is 1.98. The maximum absolute atomic E-state index is 8.32. The van der Waals surface area contributed by atoms with E-state index < -0.39 is 0 Å². The van der Waals surface area contributed by atoms with E-state index >= 15 is 0 Å². The van der Waals surface area contributed by atoms with Crippen molar-refractivity contribution >= 4 is 18.2 Å². The van der Waals surface area contributed by atoms with Crippen LogP contribution in [0.1, 0.15) is 11.1 Å². The first-order valence-corrected chi connectivity index (χ1v) is 3.28. The van der Waals surface area contributed by atoms with E-state index in [1.807, 2.05) is 31.2 Å². The van der Waals surface area contributed by atoms with Crippen LogP contribution in [0.2, 0.25) is 0 Å². The number of amidine groups is 1. The van der Waals surface area contributed by atoms with Crippen molar-refractivity contribution in [2.45, 2.75) is 6.92 Å². The number of oxime groups is 1. The topological polar surface area (TPSA) is 58.6 Å². The van der Waals surface area contributed by atoms with Crippen molar-refractivity contribution in [2.75, 3.05) is 0 Å². The van der Waals surface area contributed by atoms with Crippen molar-refractivity contribution in [3.05, 3.63) is 35.4 Å². The molecule has 66 valence electrons. The lowest BCUT2D eigenvalue weighted by molar-refractivity contribution is 0.318. The monoisotopic (exact) mass is 186 g/mol. The van der Waals surface area contributed by atoms with Gasteiger partial charge in [-0.05, 0) is 6.92 Å². The van der Waals surface area contributed by atoms with E-state index in [2.05, 4.69) is 5.16 Å². The zero-order valence-electron chi connectivity index (χ0n) is 6.69. The molecular weight excluding hydrogens is 176 g/mol. The molecule has 0 bridgehead atoms. The third-order valence-corrected chi connectivity index (χ3v) is 1.46. The Bertz CT molecular complexity index is 269. The fourth-order valence-electron chi connectivity index (χ4n) is 0.782. The number of nitrogens with zero attached hydrogens (tertiary/aromatic N) is 1. The number of rotatable bonds is 1. The molecule has 1 aromatic carbocycles. The molecule has 3 N–H and O–H groups in total. The van der Waals surface area contributed by atoms with Crippen molar-refractivity contribution in [3.8, 4) is 0 Å². The van der Waals surface area contributed by atoms with E-state index in [1.165, 1.54) is 0 Å². The van der Waals surface area contributed by atoms with Crippen LogP contribution in [0, 0.1) is 6.92 Å². The molecule has 0 saturated heterocycles. The van der Waals surface area contributed by atoms with Crippen molar-refractivity contribution in [1.29, 1.82) is 0 Å². The molecule has 0 spiro atoms. The first-order chi connectivity index (χ1) is 5.24. The van der Waals surface area contributed by atoms with Gasteiger partial charge in [-0.2, -0.15) is 0 Å². The second-order valence-corrected chi connectivity index (χ2v) is 2.35. The second-order valence-electron chi connectivity index (χ2n) is 2.35. The highest BCUT2D eigenvalue weighted by Crippen LogP contribution is 2.01. The van der Waals surface area contributed by atoms with Crippen LogP contribution >= 0.6 is 12.4 Å². The summed E-state index contributed by atoms with van der Waals surface area (Å²) in [6.07, 6.45) is 0. The molecule has 0 heterocycles. The predicted molar refractivity (Wildman–Crippen MR) is 50.9 cm³/mol. The van der Waals surface area contributed by atoms with Gasteiger partial charge in [-0.25, -0.2) is 0 Å². The van der Waals surface area contributed by atoms with Gasteiger partial charge in [0.15, 0.2) is 5.84 Å². The summed E-state index contributed by atoms with van der Waals surface area (Å²) in [7, 11) is 0. The van der Waals surface area contributed by atoms with Gasteiger partial charge in [0.2, 0.25) is 0 Å². The number of hydrogen-bond acceptors (Lipinski definition) is 2. The van der Waals surface area contributed by atoms with Gasteiger partial charge in [-0.1, -0.05) is 35.0 Å². The summed E-state index contributed by atoms with van der Waals surface area (Å²) in [5.41, 5.74) is 7.23. The van der Waals surface area contributed by atoms with Crippen LogP contribution < -0.4 is 5.73 Å². The molecule has 0 atom stereocenters. The minimum atomic E-state index is 0. The standard InChI is InChI=1S/C8H10N2O.ClH/c1-6-2-4-7(5-3-6)8(9)10-11;/h2-5,11H,1H3,(H2,9,10);1H. The largest absolute Gasteiger partial charge is 0.409 e. The van der Waals surface area contributed by atoms with E-state index in [9.17, 15) is 0 Å². The van der Waals surface area contributed by atoms with Crippen molar-refractivity contribution < 1.29 is 5.21 Å². The highest BCUT2D eigenvalue weighted by atomic mass is 35.5. The Balaban J connectivity index is 0.00000121. The number of aryl methyl sites for hydroxylation is 1. The molecule has 0 aromatic heterocycles. The first-order valence-electron chi connectivity index (χ1n) is 3.28. The van der Waals surface area contributed by atoms with E-state index in [0.717, 1.165) is 11.1 Å². The average Bonchev–Trinajstić information content (AvgIpc) is 2.05. The van der Waals surface area contributed by atoms with E-state index in [1.54, 1.807) is 0 Å². The molecule has 0 unspecified atom stereocenters. The van der Waals surface area contributed by atoms with Crippen LogP contribution in [0.25, 0.3) is 0 Å². The van der Waals surface area contributed by atoms with Crippen molar-refractivity contribution in [3.63, 3.8) is 0 Å². The SMILES string of the molecule is Cc1ccc(C(N)=NO)cc1.Cl. The van der Waals surface area contributed by atoms with Crippen molar-refractivity contribution in [1.82, 2.24) is 0 Å². The molecule has 1 aromatic rings. The van der Waals surface area contributed by atoms with Crippen molar-refractivity contribution in [2.24, 2.45) is 10.9 Å². The van der Waals surface area contributed by atoms with Gasteiger partial charge in [0.1, 0.15) is 0 Å². The third-order valence-electron chi connectivity index (χ3n) is 1.46. The molecule has 12 heavy (non-hydrogen) atoms. The minimum Gasteiger partial charge on any atom is -0.409 e. The Morgan fingerprint density at radius 3 is 2.25 bits per heavy atom. The van der Waals surface area contributed by atoms with Crippen LogP contribution in [-0.2, 0) is 0 Å². The smallest absolute Gasteiger partial charge is 0.170 e. The maximum atomic E-state index is 8.32. The molecule has 4 heteroatoms. The third kappa shape index (κ3) is 2.43. The summed E-state index contributed by atoms with van der Waals surface area (Å²) < 4.78 is 0. The Kier molecular flexibility index (Phi) is 4.15. The average molecular weight is 187 g/mol. The quantitative estimate of drug-likeness (QED) is 0.302. The van der Waals surface area contributed by atoms with E-state index in [-0.39, 0.29) is 18.2 Å². The highest BCUT2D eigenvalue weighted by molar-refractivity contribution is 5.96. The number of benzene rings is 1. The van der Waals surface area contributed by atoms with Crippen LogP contribution in [0.4, 0.5) is 0 Å². The lowest BCUT2D eigenvalue weighted by Gasteiger charge is -1.97. The summed E-state index contributed by atoms with van der Waals surface area (Å²) in [5, 5.41) is 11.2. The molecular formula is C8H11ClN2O. The molecule has 0 radical (unpaired) electrons. The van der Waals surface area contributed by atoms with E-state index in [0.29, 0.717) is 0 Å². The molecule has 0 aliphatic rings.